The van der Waals surface area contributed by atoms with E-state index in [9.17, 15) is 14.6 Å². The molecule has 6 nitrogen and oxygen atoms in total. The number of benzene rings is 1. The van der Waals surface area contributed by atoms with Crippen LogP contribution in [0.15, 0.2) is 30.3 Å². The van der Waals surface area contributed by atoms with Gasteiger partial charge in [0.1, 0.15) is 11.9 Å². The summed E-state index contributed by atoms with van der Waals surface area (Å²) in [5, 5.41) is 18.5. The van der Waals surface area contributed by atoms with E-state index < -0.39 is 25.9 Å². The number of hydrogen-bond donors (Lipinski definition) is 3. The van der Waals surface area contributed by atoms with E-state index in [1.54, 1.807) is 30.3 Å². The molecule has 0 amide bonds. The Hall–Kier alpha value is -0.910. The molecule has 1 saturated heterocycles. The van der Waals surface area contributed by atoms with Gasteiger partial charge in [-0.15, -0.1) is 0 Å². The van der Waals surface area contributed by atoms with Gasteiger partial charge >= 0.3 is 7.60 Å². The van der Waals surface area contributed by atoms with Crippen molar-refractivity contribution in [2.75, 3.05) is 12.8 Å². The Labute approximate surface area is 111 Å². The first-order valence-electron chi connectivity index (χ1n) is 6.01. The molecule has 0 radical (unpaired) electrons. The summed E-state index contributed by atoms with van der Waals surface area (Å²) in [4.78, 5) is 9.78. The third kappa shape index (κ3) is 4.03. The van der Waals surface area contributed by atoms with Crippen LogP contribution in [0.5, 0.6) is 5.75 Å². The average Bonchev–Trinajstić information content (AvgIpc) is 2.69. The molecular weight excluding hydrogens is 271 g/mol. The van der Waals surface area contributed by atoms with E-state index in [-0.39, 0.29) is 19.2 Å². The predicted octanol–water partition coefficient (Wildman–Crippen LogP) is 0.761. The van der Waals surface area contributed by atoms with Gasteiger partial charge in [0.2, 0.25) is 0 Å². The fraction of sp³-hybridized carbons (Fsp3) is 0.500. The molecule has 1 heterocycles. The van der Waals surface area contributed by atoms with Crippen molar-refractivity contribution in [3.05, 3.63) is 30.3 Å². The Morgan fingerprint density at radius 1 is 1.37 bits per heavy atom. The number of aliphatic hydroxyl groups is 2. The van der Waals surface area contributed by atoms with E-state index in [0.717, 1.165) is 0 Å². The molecule has 4 atom stereocenters. The minimum Gasteiger partial charge on any atom is -0.424 e. The van der Waals surface area contributed by atoms with Gasteiger partial charge in [-0.25, -0.2) is 4.57 Å². The van der Waals surface area contributed by atoms with E-state index in [1.807, 2.05) is 0 Å². The maximum absolute atomic E-state index is 12.0. The first-order chi connectivity index (χ1) is 9.00. The lowest BCUT2D eigenvalue weighted by atomic mass is 10.1. The van der Waals surface area contributed by atoms with Crippen LogP contribution < -0.4 is 4.52 Å². The van der Waals surface area contributed by atoms with Crippen molar-refractivity contribution in [1.29, 1.82) is 0 Å². The molecule has 0 spiro atoms. The first-order valence-corrected chi connectivity index (χ1v) is 7.77. The van der Waals surface area contributed by atoms with Gasteiger partial charge in [0.05, 0.1) is 25.0 Å². The molecule has 1 aromatic rings. The summed E-state index contributed by atoms with van der Waals surface area (Å²) in [7, 11) is -3.84. The SMILES string of the molecule is O=P(O)(CC1C[C@H](O)[C@@H](CO)O1)Oc1ccccc1. The lowest BCUT2D eigenvalue weighted by Crippen LogP contribution is -2.24. The van der Waals surface area contributed by atoms with Crippen LogP contribution in [0.25, 0.3) is 0 Å². The van der Waals surface area contributed by atoms with Crippen LogP contribution >= 0.6 is 7.60 Å². The number of aliphatic hydroxyl groups excluding tert-OH is 2. The quantitative estimate of drug-likeness (QED) is 0.692. The molecular formula is C12H17O6P. The summed E-state index contributed by atoms with van der Waals surface area (Å²) >= 11 is 0. The molecule has 0 aromatic heterocycles. The van der Waals surface area contributed by atoms with Crippen molar-refractivity contribution in [2.24, 2.45) is 0 Å². The molecule has 7 heteroatoms. The zero-order valence-electron chi connectivity index (χ0n) is 10.3. The lowest BCUT2D eigenvalue weighted by Gasteiger charge is -2.17. The Kier molecular flexibility index (Phi) is 4.60. The third-order valence-corrected chi connectivity index (χ3v) is 4.27. The molecule has 3 N–H and O–H groups in total. The molecule has 106 valence electrons. The second-order valence-corrected chi connectivity index (χ2v) is 6.33. The highest BCUT2D eigenvalue weighted by atomic mass is 31.2. The van der Waals surface area contributed by atoms with Crippen molar-refractivity contribution in [2.45, 2.75) is 24.7 Å². The zero-order chi connectivity index (χ0) is 13.9. The monoisotopic (exact) mass is 288 g/mol. The smallest absolute Gasteiger partial charge is 0.379 e. The van der Waals surface area contributed by atoms with E-state index >= 15 is 0 Å². The molecule has 0 aliphatic carbocycles. The van der Waals surface area contributed by atoms with Crippen molar-refractivity contribution in [3.8, 4) is 5.75 Å². The molecule has 19 heavy (non-hydrogen) atoms. The molecule has 0 saturated carbocycles. The molecule has 2 unspecified atom stereocenters. The van der Waals surface area contributed by atoms with E-state index in [2.05, 4.69) is 0 Å². The number of rotatable bonds is 5. The van der Waals surface area contributed by atoms with Crippen molar-refractivity contribution < 1.29 is 28.9 Å². The minimum atomic E-state index is -3.84. The van der Waals surface area contributed by atoms with Crippen LogP contribution in [0, 0.1) is 0 Å². The van der Waals surface area contributed by atoms with Crippen LogP contribution in [-0.4, -0.2) is 46.2 Å². The Morgan fingerprint density at radius 3 is 2.63 bits per heavy atom. The molecule has 1 aliphatic rings. The number of hydrogen-bond acceptors (Lipinski definition) is 5. The van der Waals surface area contributed by atoms with E-state index in [1.165, 1.54) is 0 Å². The largest absolute Gasteiger partial charge is 0.424 e. The first kappa shape index (κ1) is 14.5. The van der Waals surface area contributed by atoms with Crippen LogP contribution in [0.2, 0.25) is 0 Å². The van der Waals surface area contributed by atoms with Gasteiger partial charge in [-0.1, -0.05) is 18.2 Å². The Bertz CT molecular complexity index is 451. The van der Waals surface area contributed by atoms with Crippen LogP contribution in [0.3, 0.4) is 0 Å². The normalized spacial score (nSPS) is 29.9. The highest BCUT2D eigenvalue weighted by molar-refractivity contribution is 7.53. The standard InChI is InChI=1S/C12H17O6P/c13-7-12-11(14)6-10(17-12)8-19(15,16)18-9-4-2-1-3-5-9/h1-5,10-14H,6-8H2,(H,15,16)/t10?,11-,12+/m0/s1. The highest BCUT2D eigenvalue weighted by Crippen LogP contribution is 2.45. The lowest BCUT2D eigenvalue weighted by molar-refractivity contribution is -0.0171. The summed E-state index contributed by atoms with van der Waals surface area (Å²) in [6, 6.07) is 8.35. The van der Waals surface area contributed by atoms with Gasteiger partial charge in [0.15, 0.2) is 0 Å². The van der Waals surface area contributed by atoms with Gasteiger partial charge in [0.25, 0.3) is 0 Å². The third-order valence-electron chi connectivity index (χ3n) is 2.91. The van der Waals surface area contributed by atoms with Crippen LogP contribution in [0.1, 0.15) is 6.42 Å². The molecule has 0 bridgehead atoms. The predicted molar refractivity (Wildman–Crippen MR) is 68.1 cm³/mol. The molecule has 1 fully saturated rings. The van der Waals surface area contributed by atoms with Crippen molar-refractivity contribution >= 4 is 7.60 Å². The molecule has 1 aliphatic heterocycles. The summed E-state index contributed by atoms with van der Waals surface area (Å²) in [6.07, 6.45) is -2.09. The maximum atomic E-state index is 12.0. The second kappa shape index (κ2) is 6.03. The molecule has 1 aromatic carbocycles. The Balaban J connectivity index is 1.93. The Morgan fingerprint density at radius 2 is 2.05 bits per heavy atom. The average molecular weight is 288 g/mol. The fourth-order valence-corrected chi connectivity index (χ4v) is 3.31. The van der Waals surface area contributed by atoms with Gasteiger partial charge < -0.3 is 24.4 Å². The second-order valence-electron chi connectivity index (χ2n) is 4.51. The summed E-state index contributed by atoms with van der Waals surface area (Å²) in [5.74, 6) is 0.311. The summed E-state index contributed by atoms with van der Waals surface area (Å²) in [6.45, 7) is -0.313. The van der Waals surface area contributed by atoms with Gasteiger partial charge in [-0.05, 0) is 12.1 Å². The van der Waals surface area contributed by atoms with Gasteiger partial charge in [0, 0.05) is 6.42 Å². The van der Waals surface area contributed by atoms with Crippen molar-refractivity contribution in [1.82, 2.24) is 0 Å². The zero-order valence-corrected chi connectivity index (χ0v) is 11.1. The number of para-hydroxylation sites is 1. The highest BCUT2D eigenvalue weighted by Gasteiger charge is 2.38. The maximum Gasteiger partial charge on any atom is 0.379 e. The summed E-state index contributed by atoms with van der Waals surface area (Å²) in [5.41, 5.74) is 0. The van der Waals surface area contributed by atoms with Gasteiger partial charge in [-0.2, -0.15) is 0 Å². The van der Waals surface area contributed by atoms with Crippen LogP contribution in [-0.2, 0) is 9.30 Å². The van der Waals surface area contributed by atoms with Gasteiger partial charge in [-0.3, -0.25) is 0 Å². The summed E-state index contributed by atoms with van der Waals surface area (Å²) < 4.78 is 22.3. The molecule has 2 rings (SSSR count). The minimum absolute atomic E-state index is 0.213. The number of ether oxygens (including phenoxy) is 1. The fourth-order valence-electron chi connectivity index (χ4n) is 2.04. The van der Waals surface area contributed by atoms with Crippen molar-refractivity contribution in [3.63, 3.8) is 0 Å². The topological polar surface area (TPSA) is 96.2 Å². The van der Waals surface area contributed by atoms with E-state index in [4.69, 9.17) is 14.4 Å². The van der Waals surface area contributed by atoms with Crippen LogP contribution in [0.4, 0.5) is 0 Å². The van der Waals surface area contributed by atoms with E-state index in [0.29, 0.717) is 5.75 Å².